The Bertz CT molecular complexity index is 343. The van der Waals surface area contributed by atoms with Crippen LogP contribution in [0, 0.1) is 5.41 Å². The maximum absolute atomic E-state index is 9.31. The topological polar surface area (TPSA) is 58.9 Å². The Morgan fingerprint density at radius 1 is 1.25 bits per heavy atom. The molecule has 0 saturated carbocycles. The number of hydrogen-bond acceptors (Lipinski definition) is 4. The summed E-state index contributed by atoms with van der Waals surface area (Å²) >= 11 is 0. The number of aliphatic hydroxyl groups excluding tert-OH is 2. The highest BCUT2D eigenvalue weighted by molar-refractivity contribution is 5.26. The van der Waals surface area contributed by atoms with Gasteiger partial charge in [-0.3, -0.25) is 0 Å². The molecule has 114 valence electrons. The fraction of sp³-hybridized carbons (Fsp3) is 0.625. The smallest absolute Gasteiger partial charge is 0.183 e. The summed E-state index contributed by atoms with van der Waals surface area (Å²) in [5, 5.41) is 18.6. The zero-order valence-corrected chi connectivity index (χ0v) is 12.4. The van der Waals surface area contributed by atoms with E-state index in [9.17, 15) is 10.2 Å². The molecular formula is C16H26O4. The quantitative estimate of drug-likeness (QED) is 0.703. The van der Waals surface area contributed by atoms with Crippen molar-refractivity contribution in [2.75, 3.05) is 26.4 Å². The molecule has 1 aliphatic rings. The van der Waals surface area contributed by atoms with Crippen molar-refractivity contribution in [3.63, 3.8) is 0 Å². The molecule has 1 heterocycles. The van der Waals surface area contributed by atoms with Gasteiger partial charge in [0.1, 0.15) is 0 Å². The molecule has 1 saturated heterocycles. The number of aliphatic hydroxyl groups is 2. The van der Waals surface area contributed by atoms with E-state index in [2.05, 4.69) is 13.0 Å². The average Bonchev–Trinajstić information content (AvgIpc) is 2.50. The number of allylic oxidation sites excluding steroid dienone is 4. The van der Waals surface area contributed by atoms with Crippen LogP contribution in [0.1, 0.15) is 26.7 Å². The van der Waals surface area contributed by atoms with Crippen molar-refractivity contribution in [2.45, 2.75) is 33.0 Å². The Morgan fingerprint density at radius 3 is 2.40 bits per heavy atom. The van der Waals surface area contributed by atoms with E-state index >= 15 is 0 Å². The van der Waals surface area contributed by atoms with Gasteiger partial charge < -0.3 is 19.7 Å². The van der Waals surface area contributed by atoms with Crippen molar-refractivity contribution in [3.8, 4) is 0 Å². The zero-order chi connectivity index (χ0) is 14.8. The Hall–Kier alpha value is -0.940. The number of hydrogen-bond donors (Lipinski definition) is 2. The lowest BCUT2D eigenvalue weighted by atomic mass is 9.91. The fourth-order valence-electron chi connectivity index (χ4n) is 1.87. The summed E-state index contributed by atoms with van der Waals surface area (Å²) in [5.41, 5.74) is 0.250. The zero-order valence-electron chi connectivity index (χ0n) is 12.4. The second kappa shape index (κ2) is 9.08. The Labute approximate surface area is 121 Å². The van der Waals surface area contributed by atoms with Crippen LogP contribution in [0.3, 0.4) is 0 Å². The first-order chi connectivity index (χ1) is 9.71. The first kappa shape index (κ1) is 17.1. The molecule has 0 aromatic rings. The lowest BCUT2D eigenvalue weighted by Crippen LogP contribution is -2.47. The Kier molecular flexibility index (Phi) is 7.77. The molecule has 4 heteroatoms. The maximum atomic E-state index is 9.31. The van der Waals surface area contributed by atoms with Gasteiger partial charge in [-0.1, -0.05) is 43.7 Å². The van der Waals surface area contributed by atoms with E-state index in [4.69, 9.17) is 9.47 Å². The summed E-state index contributed by atoms with van der Waals surface area (Å²) in [6.07, 6.45) is 11.7. The molecule has 0 unspecified atom stereocenters. The molecule has 0 amide bonds. The molecule has 1 rings (SSSR count). The van der Waals surface area contributed by atoms with Crippen LogP contribution in [0.25, 0.3) is 0 Å². The van der Waals surface area contributed by atoms with Gasteiger partial charge in [0.25, 0.3) is 0 Å². The van der Waals surface area contributed by atoms with E-state index in [1.54, 1.807) is 0 Å². The van der Waals surface area contributed by atoms with Crippen molar-refractivity contribution >= 4 is 0 Å². The predicted molar refractivity (Wildman–Crippen MR) is 79.2 cm³/mol. The summed E-state index contributed by atoms with van der Waals surface area (Å²) in [6, 6.07) is 0. The van der Waals surface area contributed by atoms with Crippen LogP contribution in [0.15, 0.2) is 36.0 Å². The van der Waals surface area contributed by atoms with Gasteiger partial charge in [0.2, 0.25) is 0 Å². The molecule has 0 bridgehead atoms. The Balaban J connectivity index is 2.67. The molecule has 0 spiro atoms. The predicted octanol–water partition coefficient (Wildman–Crippen LogP) is 2.19. The van der Waals surface area contributed by atoms with Crippen molar-refractivity contribution < 1.29 is 19.7 Å². The molecular weight excluding hydrogens is 256 g/mol. The van der Waals surface area contributed by atoms with Crippen LogP contribution in [0.2, 0.25) is 0 Å². The average molecular weight is 282 g/mol. The first-order valence-electron chi connectivity index (χ1n) is 7.15. The van der Waals surface area contributed by atoms with Gasteiger partial charge in [0.05, 0.1) is 31.8 Å². The first-order valence-corrected chi connectivity index (χ1v) is 7.15. The minimum atomic E-state index is -0.685. The lowest BCUT2D eigenvalue weighted by molar-refractivity contribution is -0.226. The fourth-order valence-corrected chi connectivity index (χ4v) is 1.87. The van der Waals surface area contributed by atoms with E-state index in [0.717, 1.165) is 18.4 Å². The van der Waals surface area contributed by atoms with E-state index < -0.39 is 11.7 Å². The number of ether oxygens (including phenoxy) is 2. The molecule has 4 nitrogen and oxygen atoms in total. The standard InChI is InChI=1S/C16H26O4/c1-3-5-6-7-9-14(8-4-2)15-19-12-16(10-17,11-18)13-20-15/h4,6-9,15,17-18H,3,5,10-13H2,1-2H3/b7-6-,8-4-,14-9+. The van der Waals surface area contributed by atoms with Crippen LogP contribution in [0.5, 0.6) is 0 Å². The molecule has 0 aliphatic carbocycles. The molecule has 0 atom stereocenters. The SMILES string of the molecule is C\C=C/C(=C\C=C/CCC)C1OCC(CO)(CO)CO1. The van der Waals surface area contributed by atoms with Crippen LogP contribution >= 0.6 is 0 Å². The van der Waals surface area contributed by atoms with E-state index in [-0.39, 0.29) is 26.4 Å². The van der Waals surface area contributed by atoms with Crippen LogP contribution in [0.4, 0.5) is 0 Å². The van der Waals surface area contributed by atoms with E-state index in [0.29, 0.717) is 0 Å². The minimum Gasteiger partial charge on any atom is -0.396 e. The second-order valence-electron chi connectivity index (χ2n) is 5.15. The molecule has 20 heavy (non-hydrogen) atoms. The summed E-state index contributed by atoms with van der Waals surface area (Å²) in [7, 11) is 0. The maximum Gasteiger partial charge on any atom is 0.183 e. The summed E-state index contributed by atoms with van der Waals surface area (Å²) in [4.78, 5) is 0. The molecule has 0 aromatic heterocycles. The van der Waals surface area contributed by atoms with Crippen molar-refractivity contribution in [1.82, 2.24) is 0 Å². The summed E-state index contributed by atoms with van der Waals surface area (Å²) in [5.74, 6) is 0. The third-order valence-electron chi connectivity index (χ3n) is 3.26. The van der Waals surface area contributed by atoms with Crippen LogP contribution in [-0.4, -0.2) is 42.9 Å². The molecule has 0 aromatic carbocycles. The van der Waals surface area contributed by atoms with Crippen LogP contribution in [-0.2, 0) is 9.47 Å². The van der Waals surface area contributed by atoms with E-state index in [1.165, 1.54) is 0 Å². The van der Waals surface area contributed by atoms with Gasteiger partial charge in [-0.15, -0.1) is 0 Å². The Morgan fingerprint density at radius 2 is 1.90 bits per heavy atom. The van der Waals surface area contributed by atoms with Gasteiger partial charge in [0.15, 0.2) is 6.29 Å². The summed E-state index contributed by atoms with van der Waals surface area (Å²) < 4.78 is 11.3. The third-order valence-corrected chi connectivity index (χ3v) is 3.26. The monoisotopic (exact) mass is 282 g/mol. The van der Waals surface area contributed by atoms with Crippen molar-refractivity contribution in [3.05, 3.63) is 36.0 Å². The van der Waals surface area contributed by atoms with Crippen molar-refractivity contribution in [1.29, 1.82) is 0 Å². The second-order valence-corrected chi connectivity index (χ2v) is 5.15. The van der Waals surface area contributed by atoms with Crippen molar-refractivity contribution in [2.24, 2.45) is 5.41 Å². The summed E-state index contributed by atoms with van der Waals surface area (Å²) in [6.45, 7) is 4.37. The number of rotatable bonds is 7. The third kappa shape index (κ3) is 4.87. The highest BCUT2D eigenvalue weighted by Crippen LogP contribution is 2.27. The molecule has 1 aliphatic heterocycles. The largest absolute Gasteiger partial charge is 0.396 e. The van der Waals surface area contributed by atoms with E-state index in [1.807, 2.05) is 31.2 Å². The molecule has 2 N–H and O–H groups in total. The minimum absolute atomic E-state index is 0.144. The molecule has 0 radical (unpaired) electrons. The van der Waals surface area contributed by atoms with Gasteiger partial charge in [-0.2, -0.15) is 0 Å². The van der Waals surface area contributed by atoms with Gasteiger partial charge in [0, 0.05) is 5.57 Å². The highest BCUT2D eigenvalue weighted by atomic mass is 16.7. The van der Waals surface area contributed by atoms with Gasteiger partial charge in [-0.05, 0) is 13.3 Å². The lowest BCUT2D eigenvalue weighted by Gasteiger charge is -2.37. The molecule has 1 fully saturated rings. The number of unbranched alkanes of at least 4 members (excludes halogenated alkanes) is 1. The van der Waals surface area contributed by atoms with Gasteiger partial charge >= 0.3 is 0 Å². The van der Waals surface area contributed by atoms with Crippen LogP contribution < -0.4 is 0 Å². The highest BCUT2D eigenvalue weighted by Gasteiger charge is 2.36. The van der Waals surface area contributed by atoms with Gasteiger partial charge in [-0.25, -0.2) is 0 Å². The normalized spacial score (nSPS) is 21.1.